The van der Waals surface area contributed by atoms with Crippen molar-refractivity contribution in [1.29, 1.82) is 0 Å². The molecule has 132 valence electrons. The Labute approximate surface area is 134 Å². The van der Waals surface area contributed by atoms with Crippen LogP contribution in [0.4, 0.5) is 13.6 Å². The van der Waals surface area contributed by atoms with Crippen LogP contribution in [0.1, 0.15) is 40.5 Å². The van der Waals surface area contributed by atoms with E-state index >= 15 is 0 Å². The largest absolute Gasteiger partial charge is 0.464 e. The molecule has 8 heteroatoms. The maximum atomic E-state index is 12.4. The summed E-state index contributed by atoms with van der Waals surface area (Å²) in [4.78, 5) is 25.8. The molecule has 1 saturated heterocycles. The molecule has 0 radical (unpaired) electrons. The number of likely N-dealkylation sites (tertiary alicyclic amines) is 1. The quantitative estimate of drug-likeness (QED) is 0.723. The van der Waals surface area contributed by atoms with Gasteiger partial charge in [-0.15, -0.1) is 0 Å². The van der Waals surface area contributed by atoms with Crippen molar-refractivity contribution in [2.24, 2.45) is 5.41 Å². The van der Waals surface area contributed by atoms with E-state index in [1.165, 1.54) is 4.90 Å². The lowest BCUT2D eigenvalue weighted by molar-refractivity contribution is -0.149. The van der Waals surface area contributed by atoms with Crippen molar-refractivity contribution >= 4 is 12.1 Å². The predicted molar refractivity (Wildman–Crippen MR) is 75.9 cm³/mol. The van der Waals surface area contributed by atoms with Crippen molar-refractivity contribution in [3.8, 4) is 0 Å². The van der Waals surface area contributed by atoms with E-state index in [2.05, 4.69) is 4.74 Å². The van der Waals surface area contributed by atoms with E-state index in [0.717, 1.165) is 0 Å². The van der Waals surface area contributed by atoms with Crippen LogP contribution in [0.25, 0.3) is 0 Å². The molecule has 3 atom stereocenters. The number of esters is 1. The molecule has 1 saturated carbocycles. The van der Waals surface area contributed by atoms with Gasteiger partial charge in [-0.1, -0.05) is 0 Å². The van der Waals surface area contributed by atoms with Crippen molar-refractivity contribution in [2.45, 2.75) is 64.8 Å². The zero-order chi connectivity index (χ0) is 17.4. The number of carbonyl (C=O) groups excluding carboxylic acids is 2. The van der Waals surface area contributed by atoms with E-state index < -0.39 is 35.7 Å². The molecule has 1 aliphatic carbocycles. The van der Waals surface area contributed by atoms with Crippen LogP contribution in [0.15, 0.2) is 0 Å². The molecule has 0 bridgehead atoms. The smallest absolute Gasteiger partial charge is 0.411 e. The summed E-state index contributed by atoms with van der Waals surface area (Å²) in [6.07, 6.45) is 0.147. The van der Waals surface area contributed by atoms with Crippen LogP contribution in [0.3, 0.4) is 0 Å². The molecule has 6 nitrogen and oxygen atoms in total. The first-order valence-electron chi connectivity index (χ1n) is 7.67. The molecular weight excluding hydrogens is 312 g/mol. The van der Waals surface area contributed by atoms with Gasteiger partial charge in [0.05, 0.1) is 13.2 Å². The van der Waals surface area contributed by atoms with Crippen LogP contribution < -0.4 is 0 Å². The third-order valence-electron chi connectivity index (χ3n) is 4.08. The van der Waals surface area contributed by atoms with E-state index in [9.17, 15) is 18.4 Å². The summed E-state index contributed by atoms with van der Waals surface area (Å²) in [5, 5.41) is 0. The fraction of sp³-hybridized carbons (Fsp3) is 0.867. The monoisotopic (exact) mass is 335 g/mol. The number of hydrogen-bond donors (Lipinski definition) is 0. The minimum atomic E-state index is -2.87. The van der Waals surface area contributed by atoms with Crippen LogP contribution in [0, 0.1) is 5.41 Å². The Morgan fingerprint density at radius 3 is 2.48 bits per heavy atom. The molecule has 0 N–H and O–H groups in total. The highest BCUT2D eigenvalue weighted by Gasteiger charge is 2.68. The first-order chi connectivity index (χ1) is 10.6. The lowest BCUT2D eigenvalue weighted by Gasteiger charge is -2.29. The van der Waals surface area contributed by atoms with Crippen LogP contribution in [-0.2, 0) is 19.0 Å². The molecule has 0 spiro atoms. The van der Waals surface area contributed by atoms with Gasteiger partial charge in [-0.05, 0) is 40.5 Å². The number of piperidine rings is 1. The molecule has 0 aromatic heterocycles. The molecule has 0 aromatic rings. The standard InChI is InChI=1S/C15H23F2NO5/c1-5-21-11(19)9-6-15(8-22-12(16)17)7-10(15)18(9)13(20)23-14(2,3)4/h9-10,12H,5-8H2,1-4H3/t9-,10+,15-/m0/s1. The number of amides is 1. The van der Waals surface area contributed by atoms with Crippen molar-refractivity contribution in [3.05, 3.63) is 0 Å². The van der Waals surface area contributed by atoms with Crippen LogP contribution in [0.2, 0.25) is 0 Å². The number of ether oxygens (including phenoxy) is 3. The van der Waals surface area contributed by atoms with Gasteiger partial charge in [-0.2, -0.15) is 8.78 Å². The maximum absolute atomic E-state index is 12.4. The zero-order valence-corrected chi connectivity index (χ0v) is 13.8. The molecule has 0 unspecified atom stereocenters. The van der Waals surface area contributed by atoms with Crippen LogP contribution in [0.5, 0.6) is 0 Å². The average molecular weight is 335 g/mol. The Hall–Kier alpha value is -1.44. The average Bonchev–Trinajstić information content (AvgIpc) is 3.00. The van der Waals surface area contributed by atoms with E-state index in [1.807, 2.05) is 0 Å². The Bertz CT molecular complexity index is 479. The highest BCUT2D eigenvalue weighted by atomic mass is 19.3. The van der Waals surface area contributed by atoms with E-state index in [4.69, 9.17) is 9.47 Å². The summed E-state index contributed by atoms with van der Waals surface area (Å²) >= 11 is 0. The van der Waals surface area contributed by atoms with Crippen LogP contribution >= 0.6 is 0 Å². The third-order valence-corrected chi connectivity index (χ3v) is 4.08. The van der Waals surface area contributed by atoms with Crippen molar-refractivity contribution in [1.82, 2.24) is 4.90 Å². The first kappa shape index (κ1) is 17.9. The number of halogens is 2. The molecule has 2 rings (SSSR count). The van der Waals surface area contributed by atoms with Crippen molar-refractivity contribution in [3.63, 3.8) is 0 Å². The van der Waals surface area contributed by atoms with Gasteiger partial charge in [0.15, 0.2) is 0 Å². The Morgan fingerprint density at radius 2 is 1.96 bits per heavy atom. The maximum Gasteiger partial charge on any atom is 0.411 e. The number of fused-ring (bicyclic) bond motifs is 1. The van der Waals surface area contributed by atoms with E-state index in [-0.39, 0.29) is 25.7 Å². The molecule has 1 heterocycles. The molecule has 0 aromatic carbocycles. The second kappa shape index (κ2) is 6.22. The molecule has 2 fully saturated rings. The summed E-state index contributed by atoms with van der Waals surface area (Å²) in [5.74, 6) is -0.540. The summed E-state index contributed by atoms with van der Waals surface area (Å²) in [5.41, 5.74) is -1.32. The minimum absolute atomic E-state index is 0.183. The Balaban J connectivity index is 2.13. The van der Waals surface area contributed by atoms with Crippen molar-refractivity contribution in [2.75, 3.05) is 13.2 Å². The topological polar surface area (TPSA) is 65.1 Å². The highest BCUT2D eigenvalue weighted by Crippen LogP contribution is 2.60. The molecule has 1 aliphatic heterocycles. The van der Waals surface area contributed by atoms with E-state index in [0.29, 0.717) is 6.42 Å². The normalized spacial score (nSPS) is 29.4. The fourth-order valence-electron chi connectivity index (χ4n) is 3.09. The van der Waals surface area contributed by atoms with Gasteiger partial charge >= 0.3 is 18.7 Å². The van der Waals surface area contributed by atoms with Gasteiger partial charge in [-0.25, -0.2) is 9.59 Å². The van der Waals surface area contributed by atoms with Crippen molar-refractivity contribution < 1.29 is 32.6 Å². The lowest BCUT2D eigenvalue weighted by atomic mass is 10.0. The number of nitrogens with zero attached hydrogens (tertiary/aromatic N) is 1. The molecular formula is C15H23F2NO5. The Kier molecular flexibility index (Phi) is 4.84. The second-order valence-electron chi connectivity index (χ2n) is 7.01. The predicted octanol–water partition coefficient (Wildman–Crippen LogP) is 2.56. The summed E-state index contributed by atoms with van der Waals surface area (Å²) in [6.45, 7) is 3.96. The molecule has 2 aliphatic rings. The SMILES string of the molecule is CCOC(=O)[C@@H]1C[C@@]2(COC(F)F)C[C@H]2N1C(=O)OC(C)(C)C. The number of rotatable bonds is 5. The second-order valence-corrected chi connectivity index (χ2v) is 7.01. The summed E-state index contributed by atoms with van der Waals surface area (Å²) < 4.78 is 39.4. The summed E-state index contributed by atoms with van der Waals surface area (Å²) in [6, 6.07) is -1.14. The lowest BCUT2D eigenvalue weighted by Crippen LogP contribution is -2.46. The number of alkyl halides is 2. The zero-order valence-electron chi connectivity index (χ0n) is 13.8. The van der Waals surface area contributed by atoms with Crippen LogP contribution in [-0.4, -0.2) is 54.5 Å². The summed E-state index contributed by atoms with van der Waals surface area (Å²) in [7, 11) is 0. The molecule has 23 heavy (non-hydrogen) atoms. The van der Waals surface area contributed by atoms with Gasteiger partial charge in [0.2, 0.25) is 0 Å². The van der Waals surface area contributed by atoms with Gasteiger partial charge in [0, 0.05) is 11.5 Å². The molecule has 1 amide bonds. The van der Waals surface area contributed by atoms with Gasteiger partial charge in [0.25, 0.3) is 0 Å². The highest BCUT2D eigenvalue weighted by molar-refractivity contribution is 5.83. The van der Waals surface area contributed by atoms with Gasteiger partial charge in [-0.3, -0.25) is 4.90 Å². The van der Waals surface area contributed by atoms with Gasteiger partial charge in [0.1, 0.15) is 11.6 Å². The number of carbonyl (C=O) groups is 2. The Morgan fingerprint density at radius 1 is 1.30 bits per heavy atom. The third kappa shape index (κ3) is 3.91. The van der Waals surface area contributed by atoms with Gasteiger partial charge < -0.3 is 14.2 Å². The van der Waals surface area contributed by atoms with E-state index in [1.54, 1.807) is 27.7 Å². The number of hydrogen-bond acceptors (Lipinski definition) is 5. The fourth-order valence-corrected chi connectivity index (χ4v) is 3.09. The first-order valence-corrected chi connectivity index (χ1v) is 7.67. The minimum Gasteiger partial charge on any atom is -0.464 e.